The first-order chi connectivity index (χ1) is 8.16. The van der Waals surface area contributed by atoms with Crippen molar-refractivity contribution in [2.45, 2.75) is 18.4 Å². The van der Waals surface area contributed by atoms with E-state index in [1.165, 1.54) is 12.1 Å². The van der Waals surface area contributed by atoms with Crippen LogP contribution in [0.25, 0.3) is 0 Å². The number of carboxylic acid groups (broad SMARTS) is 1. The topological polar surface area (TPSA) is 49.3 Å². The van der Waals surface area contributed by atoms with Gasteiger partial charge >= 0.3 is 5.97 Å². The van der Waals surface area contributed by atoms with Gasteiger partial charge in [-0.1, -0.05) is 12.2 Å². The number of fused-ring (bicyclic) bond motifs is 3. The van der Waals surface area contributed by atoms with Crippen molar-refractivity contribution in [1.29, 1.82) is 0 Å². The molecule has 1 aromatic carbocycles. The molecule has 3 rings (SSSR count). The summed E-state index contributed by atoms with van der Waals surface area (Å²) in [5.41, 5.74) is 1.59. The van der Waals surface area contributed by atoms with Crippen molar-refractivity contribution in [2.24, 2.45) is 5.92 Å². The second-order valence-corrected chi connectivity index (χ2v) is 4.55. The van der Waals surface area contributed by atoms with Crippen LogP contribution in [0.1, 0.15) is 17.9 Å². The molecule has 3 nitrogen and oxygen atoms in total. The fourth-order valence-corrected chi connectivity index (χ4v) is 2.81. The minimum atomic E-state index is -0.848. The van der Waals surface area contributed by atoms with E-state index in [0.717, 1.165) is 17.7 Å². The van der Waals surface area contributed by atoms with Gasteiger partial charge in [0.05, 0.1) is 0 Å². The predicted molar refractivity (Wildman–Crippen MR) is 61.4 cm³/mol. The second kappa shape index (κ2) is 3.58. The molecule has 0 radical (unpaired) electrons. The molecular weight excluding hydrogens is 221 g/mol. The van der Waals surface area contributed by atoms with Gasteiger partial charge in [0.2, 0.25) is 0 Å². The van der Waals surface area contributed by atoms with Crippen molar-refractivity contribution >= 4 is 11.7 Å². The molecule has 2 N–H and O–H groups in total. The summed E-state index contributed by atoms with van der Waals surface area (Å²) in [7, 11) is 0. The Hall–Kier alpha value is -1.84. The largest absolute Gasteiger partial charge is 0.480 e. The third kappa shape index (κ3) is 1.52. The number of anilines is 1. The lowest BCUT2D eigenvalue weighted by atomic mass is 9.79. The second-order valence-electron chi connectivity index (χ2n) is 4.55. The summed E-state index contributed by atoms with van der Waals surface area (Å²) in [6.07, 6.45) is 4.69. The Bertz CT molecular complexity index is 512. The highest BCUT2D eigenvalue weighted by molar-refractivity contribution is 5.80. The highest BCUT2D eigenvalue weighted by atomic mass is 19.1. The van der Waals surface area contributed by atoms with Gasteiger partial charge in [-0.15, -0.1) is 0 Å². The van der Waals surface area contributed by atoms with Crippen molar-refractivity contribution in [1.82, 2.24) is 0 Å². The highest BCUT2D eigenvalue weighted by Crippen LogP contribution is 2.44. The molecule has 1 aliphatic carbocycles. The van der Waals surface area contributed by atoms with Gasteiger partial charge in [0.15, 0.2) is 0 Å². The maximum atomic E-state index is 13.2. The zero-order chi connectivity index (χ0) is 12.0. The average molecular weight is 233 g/mol. The first kappa shape index (κ1) is 10.3. The van der Waals surface area contributed by atoms with E-state index in [0.29, 0.717) is 0 Å². The van der Waals surface area contributed by atoms with Crippen LogP contribution in [0.4, 0.5) is 10.1 Å². The number of aliphatic carboxylic acids is 1. The van der Waals surface area contributed by atoms with Crippen molar-refractivity contribution in [3.63, 3.8) is 0 Å². The molecule has 0 aromatic heterocycles. The zero-order valence-corrected chi connectivity index (χ0v) is 9.06. The fraction of sp³-hybridized carbons (Fsp3) is 0.308. The van der Waals surface area contributed by atoms with Crippen molar-refractivity contribution in [3.05, 3.63) is 41.7 Å². The van der Waals surface area contributed by atoms with E-state index in [1.54, 1.807) is 6.07 Å². The third-order valence-corrected chi connectivity index (χ3v) is 3.59. The maximum absolute atomic E-state index is 13.2. The molecule has 1 heterocycles. The summed E-state index contributed by atoms with van der Waals surface area (Å²) in [6, 6.07) is 3.87. The first-order valence-corrected chi connectivity index (χ1v) is 5.62. The number of carbonyl (C=O) groups is 1. The molecule has 0 fully saturated rings. The van der Waals surface area contributed by atoms with E-state index in [9.17, 15) is 14.3 Å². The molecule has 2 aliphatic rings. The van der Waals surface area contributed by atoms with Gasteiger partial charge in [-0.2, -0.15) is 0 Å². The van der Waals surface area contributed by atoms with Gasteiger partial charge in [0.1, 0.15) is 11.9 Å². The Labute approximate surface area is 98.0 Å². The molecule has 0 spiro atoms. The van der Waals surface area contributed by atoms with E-state index >= 15 is 0 Å². The smallest absolute Gasteiger partial charge is 0.326 e. The van der Waals surface area contributed by atoms with Crippen LogP contribution in [0, 0.1) is 11.7 Å². The molecule has 0 saturated carbocycles. The monoisotopic (exact) mass is 233 g/mol. The molecule has 0 bridgehead atoms. The summed E-state index contributed by atoms with van der Waals surface area (Å²) < 4.78 is 13.2. The number of allylic oxidation sites excluding steroid dienone is 2. The Morgan fingerprint density at radius 3 is 3.06 bits per heavy atom. The summed E-state index contributed by atoms with van der Waals surface area (Å²) in [4.78, 5) is 11.2. The van der Waals surface area contributed by atoms with Crippen molar-refractivity contribution in [2.75, 3.05) is 5.32 Å². The minimum Gasteiger partial charge on any atom is -0.480 e. The van der Waals surface area contributed by atoms with Gasteiger partial charge in [-0.05, 0) is 30.2 Å². The Kier molecular flexibility index (Phi) is 2.18. The lowest BCUT2D eigenvalue weighted by molar-refractivity contribution is -0.139. The van der Waals surface area contributed by atoms with Crippen LogP contribution < -0.4 is 5.32 Å². The lowest BCUT2D eigenvalue weighted by Crippen LogP contribution is -2.41. The van der Waals surface area contributed by atoms with E-state index in [4.69, 9.17) is 0 Å². The van der Waals surface area contributed by atoms with E-state index in [2.05, 4.69) is 5.32 Å². The quantitative estimate of drug-likeness (QED) is 0.732. The number of hydrogen-bond acceptors (Lipinski definition) is 2. The summed E-state index contributed by atoms with van der Waals surface area (Å²) in [5.74, 6) is -1.12. The van der Waals surface area contributed by atoms with E-state index < -0.39 is 12.0 Å². The van der Waals surface area contributed by atoms with Gasteiger partial charge in [0.25, 0.3) is 0 Å². The lowest BCUT2D eigenvalue weighted by Gasteiger charge is -2.34. The molecule has 17 heavy (non-hydrogen) atoms. The predicted octanol–water partition coefficient (Wildman–Crippen LogP) is 2.36. The molecule has 4 heteroatoms. The molecule has 88 valence electrons. The number of nitrogens with one attached hydrogen (secondary N) is 1. The number of halogens is 1. The molecule has 0 amide bonds. The van der Waals surface area contributed by atoms with E-state index in [-0.39, 0.29) is 17.7 Å². The zero-order valence-electron chi connectivity index (χ0n) is 9.06. The maximum Gasteiger partial charge on any atom is 0.326 e. The minimum absolute atomic E-state index is 0.0122. The number of rotatable bonds is 1. The molecule has 1 aliphatic heterocycles. The summed E-state index contributed by atoms with van der Waals surface area (Å²) >= 11 is 0. The Morgan fingerprint density at radius 2 is 2.29 bits per heavy atom. The fourth-order valence-electron chi connectivity index (χ4n) is 2.81. The summed E-state index contributed by atoms with van der Waals surface area (Å²) in [5, 5.41) is 12.2. The average Bonchev–Trinajstić information content (AvgIpc) is 2.76. The number of carboxylic acids is 1. The molecule has 0 unspecified atom stereocenters. The van der Waals surface area contributed by atoms with E-state index in [1.807, 2.05) is 12.2 Å². The first-order valence-electron chi connectivity index (χ1n) is 5.62. The third-order valence-electron chi connectivity index (χ3n) is 3.59. The number of benzene rings is 1. The Balaban J connectivity index is 2.09. The van der Waals surface area contributed by atoms with Gasteiger partial charge < -0.3 is 10.4 Å². The van der Waals surface area contributed by atoms with Crippen molar-refractivity contribution in [3.8, 4) is 0 Å². The van der Waals surface area contributed by atoms with Crippen LogP contribution >= 0.6 is 0 Å². The molecular formula is C13H12FNO2. The van der Waals surface area contributed by atoms with Crippen LogP contribution in [0.2, 0.25) is 0 Å². The number of hydrogen-bond donors (Lipinski definition) is 2. The van der Waals surface area contributed by atoms with Crippen LogP contribution in [0.15, 0.2) is 30.4 Å². The molecule has 0 saturated heterocycles. The van der Waals surface area contributed by atoms with Crippen LogP contribution in [0.5, 0.6) is 0 Å². The van der Waals surface area contributed by atoms with Crippen molar-refractivity contribution < 1.29 is 14.3 Å². The van der Waals surface area contributed by atoms with Crippen LogP contribution in [0.3, 0.4) is 0 Å². The van der Waals surface area contributed by atoms with Crippen LogP contribution in [-0.4, -0.2) is 17.1 Å². The summed E-state index contributed by atoms with van der Waals surface area (Å²) in [6.45, 7) is 0. The normalized spacial score (nSPS) is 29.4. The SMILES string of the molecule is O=C(O)[C@H]1Nc2ccc(F)cc2[C@H]2C=CC[C@H]12. The molecule has 3 atom stereocenters. The van der Waals surface area contributed by atoms with Gasteiger partial charge in [-0.25, -0.2) is 9.18 Å². The molecule has 1 aromatic rings. The Morgan fingerprint density at radius 1 is 1.47 bits per heavy atom. The highest BCUT2D eigenvalue weighted by Gasteiger charge is 2.40. The standard InChI is InChI=1S/C13H12FNO2/c14-7-4-5-11-10(6-7)8-2-1-3-9(8)12(15-11)13(16)17/h1-2,4-6,8-9,12,15H,3H2,(H,16,17)/t8-,9-,12-/m0/s1. The van der Waals surface area contributed by atoms with Gasteiger partial charge in [0, 0.05) is 17.5 Å². The van der Waals surface area contributed by atoms with Crippen LogP contribution in [-0.2, 0) is 4.79 Å². The van der Waals surface area contributed by atoms with Gasteiger partial charge in [-0.3, -0.25) is 0 Å².